The number of hydrogen-bond donors (Lipinski definition) is 3. The number of aliphatic hydroxyl groups is 2. The van der Waals surface area contributed by atoms with E-state index in [2.05, 4.69) is 5.32 Å². The molecule has 112 valence electrons. The van der Waals surface area contributed by atoms with Gasteiger partial charge < -0.3 is 20.3 Å². The molecule has 0 heterocycles. The third-order valence-electron chi connectivity index (χ3n) is 2.64. The van der Waals surface area contributed by atoms with E-state index in [0.717, 1.165) is 0 Å². The van der Waals surface area contributed by atoms with Gasteiger partial charge in [0.05, 0.1) is 11.7 Å². The van der Waals surface area contributed by atoms with Crippen LogP contribution in [0.4, 0.5) is 0 Å². The molecule has 0 amide bonds. The van der Waals surface area contributed by atoms with Crippen molar-refractivity contribution in [2.75, 3.05) is 13.6 Å². The van der Waals surface area contributed by atoms with Gasteiger partial charge in [-0.15, -0.1) is 0 Å². The summed E-state index contributed by atoms with van der Waals surface area (Å²) < 4.78 is 5.27. The highest BCUT2D eigenvalue weighted by atomic mass is 16.6. The Morgan fingerprint density at radius 3 is 2.55 bits per heavy atom. The number of ether oxygens (including phenoxy) is 1. The van der Waals surface area contributed by atoms with Crippen LogP contribution < -0.4 is 5.32 Å². The zero-order chi connectivity index (χ0) is 15.3. The van der Waals surface area contributed by atoms with Crippen LogP contribution in [0, 0.1) is 0 Å². The van der Waals surface area contributed by atoms with Crippen molar-refractivity contribution in [3.63, 3.8) is 0 Å². The average Bonchev–Trinajstić information content (AvgIpc) is 2.36. The Labute approximate surface area is 119 Å². The second kappa shape index (κ2) is 6.83. The molecular formula is C15H23NO4. The van der Waals surface area contributed by atoms with Gasteiger partial charge in [-0.2, -0.15) is 0 Å². The highest BCUT2D eigenvalue weighted by molar-refractivity contribution is 5.89. The van der Waals surface area contributed by atoms with E-state index in [9.17, 15) is 15.0 Å². The van der Waals surface area contributed by atoms with Crippen LogP contribution >= 0.6 is 0 Å². The molecule has 0 bridgehead atoms. The normalized spacial score (nSPS) is 14.7. The van der Waals surface area contributed by atoms with Crippen molar-refractivity contribution < 1.29 is 19.7 Å². The molecule has 0 saturated carbocycles. The zero-order valence-corrected chi connectivity index (χ0v) is 12.4. The summed E-state index contributed by atoms with van der Waals surface area (Å²) in [6, 6.07) is 6.48. The minimum absolute atomic E-state index is 0.262. The van der Waals surface area contributed by atoms with Crippen LogP contribution in [0.15, 0.2) is 24.3 Å². The second-order valence-corrected chi connectivity index (χ2v) is 5.70. The van der Waals surface area contributed by atoms with Gasteiger partial charge in [0.15, 0.2) is 0 Å². The summed E-state index contributed by atoms with van der Waals surface area (Å²) in [6.07, 6.45) is -1.99. The predicted octanol–water partition coefficient (Wildman–Crippen LogP) is 1.26. The Balaban J connectivity index is 2.88. The summed E-state index contributed by atoms with van der Waals surface area (Å²) in [5.74, 6) is -0.449. The van der Waals surface area contributed by atoms with Gasteiger partial charge in [-0.25, -0.2) is 4.79 Å². The van der Waals surface area contributed by atoms with Crippen LogP contribution in [0.2, 0.25) is 0 Å². The van der Waals surface area contributed by atoms with Gasteiger partial charge >= 0.3 is 5.97 Å². The van der Waals surface area contributed by atoms with Crippen molar-refractivity contribution >= 4 is 5.97 Å². The lowest BCUT2D eigenvalue weighted by molar-refractivity contribution is 0.00661. The van der Waals surface area contributed by atoms with Gasteiger partial charge in [-0.1, -0.05) is 12.1 Å². The van der Waals surface area contributed by atoms with Crippen LogP contribution in [0.1, 0.15) is 42.8 Å². The Morgan fingerprint density at radius 2 is 2.00 bits per heavy atom. The number of rotatable bonds is 5. The minimum atomic E-state index is -1.05. The van der Waals surface area contributed by atoms with E-state index in [-0.39, 0.29) is 6.54 Å². The van der Waals surface area contributed by atoms with Gasteiger partial charge in [-0.3, -0.25) is 0 Å². The second-order valence-electron chi connectivity index (χ2n) is 5.70. The van der Waals surface area contributed by atoms with Crippen LogP contribution in [0.25, 0.3) is 0 Å². The quantitative estimate of drug-likeness (QED) is 0.708. The number of likely N-dealkylation sites (N-methyl/N-ethyl adjacent to an activating group) is 1. The summed E-state index contributed by atoms with van der Waals surface area (Å²) >= 11 is 0. The van der Waals surface area contributed by atoms with Crippen molar-refractivity contribution in [2.45, 2.75) is 38.6 Å². The molecule has 1 aromatic carbocycles. The number of hydrogen-bond acceptors (Lipinski definition) is 5. The van der Waals surface area contributed by atoms with E-state index in [4.69, 9.17) is 4.74 Å². The number of aliphatic hydroxyl groups excluding tert-OH is 2. The Bertz CT molecular complexity index is 453. The smallest absolute Gasteiger partial charge is 0.338 e. The maximum atomic E-state index is 12.0. The summed E-state index contributed by atoms with van der Waals surface area (Å²) in [5, 5.41) is 22.6. The molecule has 0 aliphatic rings. The van der Waals surface area contributed by atoms with Crippen molar-refractivity contribution in [3.8, 4) is 0 Å². The van der Waals surface area contributed by atoms with Gasteiger partial charge in [0.1, 0.15) is 11.7 Å². The van der Waals surface area contributed by atoms with E-state index < -0.39 is 23.8 Å². The molecule has 0 aromatic heterocycles. The average molecular weight is 281 g/mol. The first-order chi connectivity index (χ1) is 9.24. The van der Waals surface area contributed by atoms with E-state index in [0.29, 0.717) is 11.1 Å². The number of benzene rings is 1. The molecule has 5 nitrogen and oxygen atoms in total. The first-order valence-corrected chi connectivity index (χ1v) is 6.58. The lowest BCUT2D eigenvalue weighted by atomic mass is 10.0. The first kappa shape index (κ1) is 16.6. The lowest BCUT2D eigenvalue weighted by Gasteiger charge is -2.21. The number of nitrogens with one attached hydrogen (secondary N) is 1. The van der Waals surface area contributed by atoms with E-state index in [1.165, 1.54) is 6.07 Å². The highest BCUT2D eigenvalue weighted by Gasteiger charge is 2.21. The topological polar surface area (TPSA) is 78.8 Å². The molecule has 3 N–H and O–H groups in total. The zero-order valence-electron chi connectivity index (χ0n) is 12.4. The highest BCUT2D eigenvalue weighted by Crippen LogP contribution is 2.19. The lowest BCUT2D eigenvalue weighted by Crippen LogP contribution is -2.29. The minimum Gasteiger partial charge on any atom is -0.456 e. The summed E-state index contributed by atoms with van der Waals surface area (Å²) in [5.41, 5.74) is 0.265. The SMILES string of the molecule is CNCC(O)C(O)c1cccc(C(=O)OC(C)(C)C)c1. The maximum Gasteiger partial charge on any atom is 0.338 e. The fourth-order valence-electron chi connectivity index (χ4n) is 1.73. The summed E-state index contributed by atoms with van der Waals surface area (Å²) in [7, 11) is 1.69. The molecule has 0 aliphatic heterocycles. The Morgan fingerprint density at radius 1 is 1.35 bits per heavy atom. The van der Waals surface area contributed by atoms with Crippen LogP contribution in [0.5, 0.6) is 0 Å². The van der Waals surface area contributed by atoms with E-state index in [1.807, 2.05) is 0 Å². The molecule has 0 spiro atoms. The van der Waals surface area contributed by atoms with Crippen molar-refractivity contribution in [2.24, 2.45) is 0 Å². The summed E-state index contributed by atoms with van der Waals surface area (Å²) in [6.45, 7) is 5.64. The molecule has 0 aliphatic carbocycles. The molecule has 0 saturated heterocycles. The van der Waals surface area contributed by atoms with Gasteiger partial charge in [0, 0.05) is 6.54 Å². The van der Waals surface area contributed by atoms with Crippen LogP contribution in [0.3, 0.4) is 0 Å². The van der Waals surface area contributed by atoms with Gasteiger partial charge in [-0.05, 0) is 45.5 Å². The first-order valence-electron chi connectivity index (χ1n) is 6.58. The fraction of sp³-hybridized carbons (Fsp3) is 0.533. The summed E-state index contributed by atoms with van der Waals surface area (Å²) in [4.78, 5) is 12.0. The third-order valence-corrected chi connectivity index (χ3v) is 2.64. The van der Waals surface area contributed by atoms with Gasteiger partial charge in [0.2, 0.25) is 0 Å². The van der Waals surface area contributed by atoms with Crippen molar-refractivity contribution in [1.82, 2.24) is 5.32 Å². The third kappa shape index (κ3) is 4.92. The van der Waals surface area contributed by atoms with E-state index >= 15 is 0 Å². The molecular weight excluding hydrogens is 258 g/mol. The molecule has 20 heavy (non-hydrogen) atoms. The van der Waals surface area contributed by atoms with Crippen LogP contribution in [-0.4, -0.2) is 41.5 Å². The largest absolute Gasteiger partial charge is 0.456 e. The molecule has 0 radical (unpaired) electrons. The molecule has 1 rings (SSSR count). The molecule has 2 unspecified atom stereocenters. The fourth-order valence-corrected chi connectivity index (χ4v) is 1.73. The van der Waals surface area contributed by atoms with Crippen LogP contribution in [-0.2, 0) is 4.74 Å². The Kier molecular flexibility index (Phi) is 5.68. The number of esters is 1. The number of carbonyl (C=O) groups excluding carboxylic acids is 1. The van der Waals surface area contributed by atoms with Crippen molar-refractivity contribution in [1.29, 1.82) is 0 Å². The molecule has 0 fully saturated rings. The molecule has 5 heteroatoms. The monoisotopic (exact) mass is 281 g/mol. The molecule has 2 atom stereocenters. The number of carbonyl (C=O) groups is 1. The molecule has 1 aromatic rings. The maximum absolute atomic E-state index is 12.0. The van der Waals surface area contributed by atoms with E-state index in [1.54, 1.807) is 46.0 Å². The Hall–Kier alpha value is -1.43. The predicted molar refractivity (Wildman–Crippen MR) is 76.5 cm³/mol. The standard InChI is InChI=1S/C15H23NO4/c1-15(2,3)20-14(19)11-7-5-6-10(8-11)13(18)12(17)9-16-4/h5-8,12-13,16-18H,9H2,1-4H3. The van der Waals surface area contributed by atoms with Gasteiger partial charge in [0.25, 0.3) is 0 Å². The van der Waals surface area contributed by atoms with Crippen molar-refractivity contribution in [3.05, 3.63) is 35.4 Å².